The van der Waals surface area contributed by atoms with Gasteiger partial charge in [-0.25, -0.2) is 0 Å². The van der Waals surface area contributed by atoms with Crippen LogP contribution in [-0.4, -0.2) is 41.8 Å². The van der Waals surface area contributed by atoms with Crippen LogP contribution in [0.4, 0.5) is 5.69 Å². The average molecular weight is 400 g/mol. The minimum absolute atomic E-state index is 0.0744. The number of aromatic nitrogens is 1. The van der Waals surface area contributed by atoms with Gasteiger partial charge in [0, 0.05) is 30.2 Å². The van der Waals surface area contributed by atoms with Gasteiger partial charge in [0.25, 0.3) is 5.91 Å². The van der Waals surface area contributed by atoms with E-state index in [4.69, 9.17) is 20.9 Å². The van der Waals surface area contributed by atoms with Crippen LogP contribution in [-0.2, 0) is 14.3 Å². The van der Waals surface area contributed by atoms with Crippen molar-refractivity contribution in [1.29, 1.82) is 0 Å². The first-order chi connectivity index (χ1) is 13.5. The number of ether oxygens (including phenoxy) is 2. The Labute approximate surface area is 170 Å². The number of carbonyl (C=O) groups is 2. The highest BCUT2D eigenvalue weighted by Crippen LogP contribution is 2.37. The van der Waals surface area contributed by atoms with Gasteiger partial charge in [-0.15, -0.1) is 0 Å². The molecule has 0 bridgehead atoms. The van der Waals surface area contributed by atoms with E-state index in [0.29, 0.717) is 18.7 Å². The number of amides is 1. The van der Waals surface area contributed by atoms with Crippen molar-refractivity contribution in [1.82, 2.24) is 4.98 Å². The van der Waals surface area contributed by atoms with Gasteiger partial charge >= 0.3 is 5.97 Å². The largest absolute Gasteiger partial charge is 0.497 e. The van der Waals surface area contributed by atoms with Crippen LogP contribution in [0.25, 0.3) is 10.9 Å². The third kappa shape index (κ3) is 4.12. The monoisotopic (exact) mass is 400 g/mol. The Bertz CT molecular complexity index is 940. The summed E-state index contributed by atoms with van der Waals surface area (Å²) in [5.41, 5.74) is 11.6. The number of carbonyl (C=O) groups excluding carboxylic acids is 2. The van der Waals surface area contributed by atoms with Crippen LogP contribution in [0.1, 0.15) is 33.6 Å². The maximum absolute atomic E-state index is 12.6. The van der Waals surface area contributed by atoms with E-state index in [1.165, 1.54) is 0 Å². The molecule has 1 aliphatic rings. The van der Waals surface area contributed by atoms with Gasteiger partial charge in [0.05, 0.1) is 18.5 Å². The van der Waals surface area contributed by atoms with Gasteiger partial charge in [0.2, 0.25) is 0 Å². The first-order valence-electron chi connectivity index (χ1n) is 9.57. The zero-order chi connectivity index (χ0) is 21.4. The first-order valence-corrected chi connectivity index (χ1v) is 9.57. The van der Waals surface area contributed by atoms with Crippen LogP contribution >= 0.6 is 0 Å². The Hall–Kier alpha value is -2.87. The van der Waals surface area contributed by atoms with E-state index in [-0.39, 0.29) is 12.4 Å². The van der Waals surface area contributed by atoms with Crippen molar-refractivity contribution in [2.75, 3.05) is 18.6 Å². The van der Waals surface area contributed by atoms with E-state index in [2.05, 4.69) is 4.98 Å². The molecule has 3 rings (SSSR count). The van der Waals surface area contributed by atoms with Gasteiger partial charge in [-0.2, -0.15) is 0 Å². The molecule has 2 atom stereocenters. The molecule has 0 aliphatic carbocycles. The van der Waals surface area contributed by atoms with Crippen molar-refractivity contribution in [3.05, 3.63) is 30.5 Å². The maximum atomic E-state index is 12.6. The fourth-order valence-corrected chi connectivity index (χ4v) is 3.70. The molecule has 1 fully saturated rings. The molecular weight excluding hydrogens is 372 g/mol. The molecule has 1 saturated heterocycles. The molecule has 8 heteroatoms. The van der Waals surface area contributed by atoms with Crippen LogP contribution in [0, 0.1) is 5.92 Å². The van der Waals surface area contributed by atoms with Crippen molar-refractivity contribution in [3.8, 4) is 5.75 Å². The molecule has 0 saturated carbocycles. The number of esters is 1. The van der Waals surface area contributed by atoms with Crippen molar-refractivity contribution >= 4 is 28.5 Å². The summed E-state index contributed by atoms with van der Waals surface area (Å²) in [7, 11) is 1.58. The summed E-state index contributed by atoms with van der Waals surface area (Å²) in [5, 5.41) is 0.790. The van der Waals surface area contributed by atoms with Crippen LogP contribution in [0.15, 0.2) is 30.5 Å². The van der Waals surface area contributed by atoms with E-state index in [1.54, 1.807) is 45.0 Å². The number of methoxy groups -OCH3 is 1. The zero-order valence-electron chi connectivity index (χ0n) is 17.3. The van der Waals surface area contributed by atoms with E-state index >= 15 is 0 Å². The predicted octanol–water partition coefficient (Wildman–Crippen LogP) is 1.94. The SMILES string of the molecule is COc1ccc2nccc(N3CCC(C(=O)OC(C)(C)C)CC3(N)C(N)=O)c2c1. The smallest absolute Gasteiger partial charge is 0.309 e. The number of anilines is 1. The molecule has 2 aromatic rings. The number of fused-ring (bicyclic) bond motifs is 1. The van der Waals surface area contributed by atoms with Crippen molar-refractivity contribution < 1.29 is 19.1 Å². The molecule has 2 heterocycles. The quantitative estimate of drug-likeness (QED) is 0.752. The Morgan fingerprint density at radius 3 is 2.62 bits per heavy atom. The van der Waals surface area contributed by atoms with Gasteiger partial charge in [-0.1, -0.05) is 0 Å². The summed E-state index contributed by atoms with van der Waals surface area (Å²) in [6.45, 7) is 5.79. The summed E-state index contributed by atoms with van der Waals surface area (Å²) in [6, 6.07) is 7.30. The van der Waals surface area contributed by atoms with Gasteiger partial charge in [-0.05, 0) is 51.5 Å². The van der Waals surface area contributed by atoms with Crippen LogP contribution in [0.2, 0.25) is 0 Å². The predicted molar refractivity (Wildman–Crippen MR) is 110 cm³/mol. The van der Waals surface area contributed by atoms with E-state index in [0.717, 1.165) is 16.6 Å². The molecule has 8 nitrogen and oxygen atoms in total. The Morgan fingerprint density at radius 1 is 1.28 bits per heavy atom. The third-order valence-electron chi connectivity index (χ3n) is 5.12. The fourth-order valence-electron chi connectivity index (χ4n) is 3.70. The molecule has 1 amide bonds. The second kappa shape index (κ2) is 7.51. The summed E-state index contributed by atoms with van der Waals surface area (Å²) in [5.74, 6) is -0.907. The number of primary amides is 1. The second-order valence-corrected chi connectivity index (χ2v) is 8.38. The van der Waals surface area contributed by atoms with Crippen molar-refractivity contribution in [3.63, 3.8) is 0 Å². The summed E-state index contributed by atoms with van der Waals surface area (Å²) in [6.07, 6.45) is 2.23. The lowest BCUT2D eigenvalue weighted by Gasteiger charge is -2.46. The molecule has 4 N–H and O–H groups in total. The molecule has 0 radical (unpaired) electrons. The highest BCUT2D eigenvalue weighted by atomic mass is 16.6. The lowest BCUT2D eigenvalue weighted by atomic mass is 9.85. The summed E-state index contributed by atoms with van der Waals surface area (Å²) >= 11 is 0. The first kappa shape index (κ1) is 20.9. The zero-order valence-corrected chi connectivity index (χ0v) is 17.3. The van der Waals surface area contributed by atoms with Crippen LogP contribution < -0.4 is 21.1 Å². The summed E-state index contributed by atoms with van der Waals surface area (Å²) in [4.78, 5) is 31.2. The second-order valence-electron chi connectivity index (χ2n) is 8.38. The number of hydrogen-bond donors (Lipinski definition) is 2. The van der Waals surface area contributed by atoms with Gasteiger partial charge in [0.1, 0.15) is 11.4 Å². The van der Waals surface area contributed by atoms with Gasteiger partial charge in [0.15, 0.2) is 5.66 Å². The number of pyridine rings is 1. The van der Waals surface area contributed by atoms with Gasteiger partial charge in [-0.3, -0.25) is 14.6 Å². The Kier molecular flexibility index (Phi) is 5.40. The highest BCUT2D eigenvalue weighted by molar-refractivity contribution is 5.97. The Balaban J connectivity index is 2.00. The molecule has 0 spiro atoms. The summed E-state index contributed by atoms with van der Waals surface area (Å²) < 4.78 is 10.8. The molecule has 1 aromatic heterocycles. The minimum atomic E-state index is -1.53. The highest BCUT2D eigenvalue weighted by Gasteiger charge is 2.47. The molecule has 156 valence electrons. The lowest BCUT2D eigenvalue weighted by molar-refractivity contribution is -0.161. The van der Waals surface area contributed by atoms with Crippen molar-refractivity contribution in [2.45, 2.75) is 44.9 Å². The van der Waals surface area contributed by atoms with Crippen molar-refractivity contribution in [2.24, 2.45) is 17.4 Å². The lowest BCUT2D eigenvalue weighted by Crippen LogP contribution is -2.68. The third-order valence-corrected chi connectivity index (χ3v) is 5.12. The molecule has 1 aromatic carbocycles. The van der Waals surface area contributed by atoms with Crippen LogP contribution in [0.3, 0.4) is 0 Å². The fraction of sp³-hybridized carbons (Fsp3) is 0.476. The standard InChI is InChI=1S/C21H28N4O4/c1-20(2,3)29-18(26)13-8-10-25(21(23,12-13)19(22)27)17-7-9-24-16-6-5-14(28-4)11-15(16)17/h5-7,9,11,13H,8,10,12,23H2,1-4H3,(H2,22,27). The van der Waals surface area contributed by atoms with E-state index < -0.39 is 23.1 Å². The number of piperidine rings is 1. The topological polar surface area (TPSA) is 121 Å². The number of hydrogen-bond acceptors (Lipinski definition) is 7. The molecule has 29 heavy (non-hydrogen) atoms. The van der Waals surface area contributed by atoms with E-state index in [1.807, 2.05) is 18.2 Å². The van der Waals surface area contributed by atoms with E-state index in [9.17, 15) is 9.59 Å². The Morgan fingerprint density at radius 2 is 2.00 bits per heavy atom. The number of nitrogens with two attached hydrogens (primary N) is 2. The molecule has 2 unspecified atom stereocenters. The normalized spacial score (nSPS) is 22.4. The van der Waals surface area contributed by atoms with Crippen LogP contribution in [0.5, 0.6) is 5.75 Å². The number of benzene rings is 1. The maximum Gasteiger partial charge on any atom is 0.309 e. The minimum Gasteiger partial charge on any atom is -0.497 e. The van der Waals surface area contributed by atoms with Gasteiger partial charge < -0.3 is 25.8 Å². The average Bonchev–Trinajstić information content (AvgIpc) is 2.65. The molecule has 1 aliphatic heterocycles. The molecular formula is C21H28N4O4. The number of nitrogens with zero attached hydrogens (tertiary/aromatic N) is 2. The number of rotatable bonds is 4.